The summed E-state index contributed by atoms with van der Waals surface area (Å²) in [4.78, 5) is 2.20. The molecule has 0 heterocycles. The number of benzene rings is 2. The van der Waals surface area contributed by atoms with Gasteiger partial charge < -0.3 is 0 Å². The Bertz CT molecular complexity index is 774. The Balaban J connectivity index is 2.12. The molecular formula is C14H12BrFN2O2S. The van der Waals surface area contributed by atoms with Crippen molar-refractivity contribution in [3.8, 4) is 0 Å². The summed E-state index contributed by atoms with van der Waals surface area (Å²) in [7, 11) is -3.72. The molecule has 0 aliphatic heterocycles. The maximum Gasteiger partial charge on any atom is 0.276 e. The number of hydrogen-bond acceptors (Lipinski definition) is 3. The quantitative estimate of drug-likeness (QED) is 0.663. The number of hydrazone groups is 1. The van der Waals surface area contributed by atoms with Gasteiger partial charge in [0, 0.05) is 0 Å². The number of nitrogens with zero attached hydrogens (tertiary/aromatic N) is 1. The van der Waals surface area contributed by atoms with Crippen molar-refractivity contribution in [3.05, 3.63) is 63.9 Å². The second kappa shape index (κ2) is 6.36. The van der Waals surface area contributed by atoms with Crippen LogP contribution in [0, 0.1) is 12.7 Å². The average Bonchev–Trinajstić information content (AvgIpc) is 2.43. The molecule has 0 saturated carbocycles. The van der Waals surface area contributed by atoms with Gasteiger partial charge in [-0.3, -0.25) is 0 Å². The minimum atomic E-state index is -3.72. The van der Waals surface area contributed by atoms with Crippen LogP contribution in [0.1, 0.15) is 11.1 Å². The van der Waals surface area contributed by atoms with Crippen molar-refractivity contribution in [1.29, 1.82) is 0 Å². The van der Waals surface area contributed by atoms with Crippen molar-refractivity contribution < 1.29 is 12.8 Å². The van der Waals surface area contributed by atoms with Crippen LogP contribution in [-0.4, -0.2) is 14.6 Å². The number of sulfonamides is 1. The summed E-state index contributed by atoms with van der Waals surface area (Å²) in [5, 5.41) is 3.64. The third-order valence-electron chi connectivity index (χ3n) is 2.66. The number of aryl methyl sites for hydroxylation is 1. The standard InChI is InChI=1S/C14H12BrFN2O2S/c1-10-2-5-12(6-3-10)21(19,20)18-17-9-11-4-7-13(15)14(16)8-11/h2-9,18H,1H3/b17-9+. The van der Waals surface area contributed by atoms with E-state index in [9.17, 15) is 12.8 Å². The molecule has 2 aromatic carbocycles. The summed E-state index contributed by atoms with van der Waals surface area (Å²) in [6.45, 7) is 1.87. The highest BCUT2D eigenvalue weighted by molar-refractivity contribution is 9.10. The normalized spacial score (nSPS) is 11.8. The van der Waals surface area contributed by atoms with Gasteiger partial charge in [0.05, 0.1) is 15.6 Å². The van der Waals surface area contributed by atoms with Crippen LogP contribution in [0.5, 0.6) is 0 Å². The predicted octanol–water partition coefficient (Wildman–Crippen LogP) is 3.21. The average molecular weight is 371 g/mol. The maximum atomic E-state index is 13.3. The Hall–Kier alpha value is -1.73. The van der Waals surface area contributed by atoms with Crippen LogP contribution in [0.3, 0.4) is 0 Å². The Labute approximate surface area is 130 Å². The van der Waals surface area contributed by atoms with E-state index in [4.69, 9.17) is 0 Å². The van der Waals surface area contributed by atoms with Crippen LogP contribution < -0.4 is 4.83 Å². The summed E-state index contributed by atoms with van der Waals surface area (Å²) in [6, 6.07) is 10.7. The Morgan fingerprint density at radius 3 is 2.48 bits per heavy atom. The zero-order chi connectivity index (χ0) is 15.5. The molecule has 0 saturated heterocycles. The minimum Gasteiger partial charge on any atom is -0.206 e. The van der Waals surface area contributed by atoms with Gasteiger partial charge >= 0.3 is 0 Å². The van der Waals surface area contributed by atoms with Crippen molar-refractivity contribution in [2.24, 2.45) is 5.10 Å². The van der Waals surface area contributed by atoms with Gasteiger partial charge in [0.25, 0.3) is 10.0 Å². The number of nitrogens with one attached hydrogen (secondary N) is 1. The Morgan fingerprint density at radius 2 is 1.86 bits per heavy atom. The van der Waals surface area contributed by atoms with Crippen LogP contribution in [0.4, 0.5) is 4.39 Å². The van der Waals surface area contributed by atoms with E-state index >= 15 is 0 Å². The van der Waals surface area contributed by atoms with Crippen LogP contribution in [0.15, 0.2) is 56.9 Å². The number of rotatable bonds is 4. The first-order valence-corrected chi connectivity index (χ1v) is 8.23. The van der Waals surface area contributed by atoms with E-state index in [1.54, 1.807) is 18.2 Å². The first-order chi connectivity index (χ1) is 9.88. The summed E-state index contributed by atoms with van der Waals surface area (Å²) in [5.74, 6) is -0.444. The van der Waals surface area contributed by atoms with E-state index in [1.165, 1.54) is 30.5 Å². The van der Waals surface area contributed by atoms with Crippen molar-refractivity contribution in [1.82, 2.24) is 4.83 Å². The van der Waals surface area contributed by atoms with Crippen LogP contribution in [0.2, 0.25) is 0 Å². The van der Waals surface area contributed by atoms with Crippen molar-refractivity contribution >= 4 is 32.2 Å². The third-order valence-corrected chi connectivity index (χ3v) is 4.54. The molecule has 2 aromatic rings. The largest absolute Gasteiger partial charge is 0.276 e. The van der Waals surface area contributed by atoms with Crippen LogP contribution >= 0.6 is 15.9 Å². The summed E-state index contributed by atoms with van der Waals surface area (Å²) >= 11 is 3.03. The smallest absolute Gasteiger partial charge is 0.206 e. The first-order valence-electron chi connectivity index (χ1n) is 5.95. The van der Waals surface area contributed by atoms with Gasteiger partial charge in [0.2, 0.25) is 0 Å². The molecule has 1 N–H and O–H groups in total. The Morgan fingerprint density at radius 1 is 1.19 bits per heavy atom. The van der Waals surface area contributed by atoms with E-state index in [2.05, 4.69) is 25.9 Å². The lowest BCUT2D eigenvalue weighted by Crippen LogP contribution is -2.18. The lowest BCUT2D eigenvalue weighted by molar-refractivity contribution is 0.584. The monoisotopic (exact) mass is 370 g/mol. The van der Waals surface area contributed by atoms with Gasteiger partial charge in [-0.15, -0.1) is 0 Å². The zero-order valence-corrected chi connectivity index (χ0v) is 13.4. The van der Waals surface area contributed by atoms with E-state index < -0.39 is 15.8 Å². The summed E-state index contributed by atoms with van der Waals surface area (Å²) in [6.07, 6.45) is 1.24. The van der Waals surface area contributed by atoms with Gasteiger partial charge in [-0.1, -0.05) is 23.8 Å². The molecule has 0 radical (unpaired) electrons. The van der Waals surface area contributed by atoms with Gasteiger partial charge in [-0.05, 0) is 52.7 Å². The molecule has 0 atom stereocenters. The molecule has 0 aliphatic carbocycles. The molecular weight excluding hydrogens is 359 g/mol. The molecule has 0 aliphatic rings. The van der Waals surface area contributed by atoms with Crippen LogP contribution in [0.25, 0.3) is 0 Å². The van der Waals surface area contributed by atoms with E-state index in [-0.39, 0.29) is 4.90 Å². The molecule has 0 amide bonds. The molecule has 0 spiro atoms. The van der Waals surface area contributed by atoms with Crippen LogP contribution in [-0.2, 0) is 10.0 Å². The Kier molecular flexibility index (Phi) is 4.74. The number of halogens is 2. The van der Waals surface area contributed by atoms with E-state index in [0.717, 1.165) is 5.56 Å². The fraction of sp³-hybridized carbons (Fsp3) is 0.0714. The lowest BCUT2D eigenvalue weighted by atomic mass is 10.2. The molecule has 0 aromatic heterocycles. The predicted molar refractivity (Wildman–Crippen MR) is 83.2 cm³/mol. The summed E-state index contributed by atoms with van der Waals surface area (Å²) < 4.78 is 37.5. The molecule has 0 fully saturated rings. The maximum absolute atomic E-state index is 13.3. The highest BCUT2D eigenvalue weighted by Gasteiger charge is 2.11. The fourth-order valence-electron chi connectivity index (χ4n) is 1.53. The molecule has 0 unspecified atom stereocenters. The van der Waals surface area contributed by atoms with Gasteiger partial charge in [0.15, 0.2) is 0 Å². The van der Waals surface area contributed by atoms with E-state index in [0.29, 0.717) is 10.0 Å². The highest BCUT2D eigenvalue weighted by atomic mass is 79.9. The molecule has 110 valence electrons. The SMILES string of the molecule is Cc1ccc(S(=O)(=O)N/N=C/c2ccc(Br)c(F)c2)cc1. The minimum absolute atomic E-state index is 0.118. The van der Waals surface area contributed by atoms with E-state index in [1.807, 2.05) is 6.92 Å². The molecule has 21 heavy (non-hydrogen) atoms. The second-order valence-corrected chi connectivity index (χ2v) is 6.85. The molecule has 0 bridgehead atoms. The van der Waals surface area contributed by atoms with Crippen molar-refractivity contribution in [2.45, 2.75) is 11.8 Å². The molecule has 7 heteroatoms. The van der Waals surface area contributed by atoms with Gasteiger partial charge in [0.1, 0.15) is 5.82 Å². The summed E-state index contributed by atoms with van der Waals surface area (Å²) in [5.41, 5.74) is 1.41. The second-order valence-electron chi connectivity index (χ2n) is 4.34. The van der Waals surface area contributed by atoms with Gasteiger partial charge in [-0.2, -0.15) is 13.5 Å². The van der Waals surface area contributed by atoms with Gasteiger partial charge in [-0.25, -0.2) is 9.22 Å². The fourth-order valence-corrected chi connectivity index (χ4v) is 2.57. The molecule has 2 rings (SSSR count). The highest BCUT2D eigenvalue weighted by Crippen LogP contribution is 2.15. The molecule has 4 nitrogen and oxygen atoms in total. The first kappa shape index (κ1) is 15.7. The topological polar surface area (TPSA) is 58.5 Å². The van der Waals surface area contributed by atoms with Crippen molar-refractivity contribution in [2.75, 3.05) is 0 Å². The number of hydrogen-bond donors (Lipinski definition) is 1. The zero-order valence-electron chi connectivity index (χ0n) is 11.0. The van der Waals surface area contributed by atoms with Crippen molar-refractivity contribution in [3.63, 3.8) is 0 Å². The lowest BCUT2D eigenvalue weighted by Gasteiger charge is -2.03. The third kappa shape index (κ3) is 4.12.